The van der Waals surface area contributed by atoms with Crippen LogP contribution < -0.4 is 5.32 Å². The number of piperazine rings is 1. The van der Waals surface area contributed by atoms with Crippen LogP contribution in [-0.4, -0.2) is 103 Å². The largest absolute Gasteiger partial charge is 0.481 e. The number of aryl methyl sites for hydroxylation is 1. The molecule has 14 nitrogen and oxygen atoms in total. The lowest BCUT2D eigenvalue weighted by Gasteiger charge is -2.35. The monoisotopic (exact) mass is 592 g/mol. The third-order valence-corrected chi connectivity index (χ3v) is 6.91. The number of aromatic nitrogens is 5. The number of amides is 3. The van der Waals surface area contributed by atoms with E-state index in [1.165, 1.54) is 20.5 Å². The maximum atomic E-state index is 13.6. The number of hydrogen-bond acceptors (Lipinski definition) is 9. The normalized spacial score (nSPS) is 13.8. The molecular formula is C29H36N8O6. The van der Waals surface area contributed by atoms with Gasteiger partial charge in [-0.1, -0.05) is 48.9 Å². The average molecular weight is 593 g/mol. The van der Waals surface area contributed by atoms with Gasteiger partial charge in [0.25, 0.3) is 5.91 Å². The van der Waals surface area contributed by atoms with Crippen molar-refractivity contribution in [3.05, 3.63) is 54.0 Å². The van der Waals surface area contributed by atoms with Crippen molar-refractivity contribution in [1.29, 1.82) is 0 Å². The predicted molar refractivity (Wildman–Crippen MR) is 154 cm³/mol. The smallest absolute Gasteiger partial charge is 0.409 e. The molecule has 3 heterocycles. The van der Waals surface area contributed by atoms with Gasteiger partial charge in [-0.25, -0.2) is 19.4 Å². The second-order valence-corrected chi connectivity index (χ2v) is 10.0. The first kappa shape index (κ1) is 31.1. The molecule has 1 aliphatic rings. The van der Waals surface area contributed by atoms with Crippen molar-refractivity contribution >= 4 is 23.9 Å². The second kappa shape index (κ2) is 14.8. The Morgan fingerprint density at radius 1 is 1.02 bits per heavy atom. The topological polar surface area (TPSA) is 173 Å². The molecule has 1 aromatic carbocycles. The number of carboxylic acid groups (broad SMARTS) is 1. The number of aliphatic carboxylic acids is 1. The Morgan fingerprint density at radius 3 is 2.42 bits per heavy atom. The summed E-state index contributed by atoms with van der Waals surface area (Å²) in [7, 11) is 0. The minimum absolute atomic E-state index is 0.0188. The van der Waals surface area contributed by atoms with Crippen LogP contribution in [0.5, 0.6) is 0 Å². The summed E-state index contributed by atoms with van der Waals surface area (Å²) in [5.41, 5.74) is 1.44. The number of nitrogens with zero attached hydrogens (tertiary/aromatic N) is 7. The molecule has 1 saturated heterocycles. The predicted octanol–water partition coefficient (Wildman–Crippen LogP) is 2.33. The van der Waals surface area contributed by atoms with Gasteiger partial charge in [0.05, 0.1) is 18.5 Å². The highest BCUT2D eigenvalue weighted by molar-refractivity contribution is 5.97. The lowest BCUT2D eigenvalue weighted by Crippen LogP contribution is -2.56. The van der Waals surface area contributed by atoms with Crippen LogP contribution in [0.15, 0.2) is 42.6 Å². The summed E-state index contributed by atoms with van der Waals surface area (Å²) in [6.45, 7) is 5.02. The van der Waals surface area contributed by atoms with Crippen LogP contribution in [0.1, 0.15) is 55.7 Å². The Labute approximate surface area is 249 Å². The third-order valence-electron chi connectivity index (χ3n) is 6.91. The zero-order chi connectivity index (χ0) is 30.8. The number of benzene rings is 1. The zero-order valence-corrected chi connectivity index (χ0v) is 24.3. The quantitative estimate of drug-likeness (QED) is 0.318. The molecule has 0 saturated carbocycles. The summed E-state index contributed by atoms with van der Waals surface area (Å²) in [6.07, 6.45) is 3.56. The first-order valence-electron chi connectivity index (χ1n) is 14.4. The first-order valence-corrected chi connectivity index (χ1v) is 14.4. The van der Waals surface area contributed by atoms with Crippen molar-refractivity contribution in [2.75, 3.05) is 32.8 Å². The summed E-state index contributed by atoms with van der Waals surface area (Å²) in [5, 5.41) is 20.4. The van der Waals surface area contributed by atoms with E-state index in [-0.39, 0.29) is 57.1 Å². The van der Waals surface area contributed by atoms with Crippen molar-refractivity contribution < 1.29 is 29.0 Å². The van der Waals surface area contributed by atoms with E-state index in [2.05, 4.69) is 32.5 Å². The molecule has 0 unspecified atom stereocenters. The van der Waals surface area contributed by atoms with E-state index in [0.29, 0.717) is 11.4 Å². The Bertz CT molecular complexity index is 1420. The van der Waals surface area contributed by atoms with Crippen molar-refractivity contribution in [2.45, 2.75) is 52.0 Å². The molecule has 14 heteroatoms. The van der Waals surface area contributed by atoms with E-state index >= 15 is 0 Å². The van der Waals surface area contributed by atoms with E-state index < -0.39 is 29.9 Å². The Balaban J connectivity index is 1.58. The maximum absolute atomic E-state index is 13.6. The van der Waals surface area contributed by atoms with Crippen molar-refractivity contribution in [1.82, 2.24) is 40.1 Å². The Morgan fingerprint density at radius 2 is 1.74 bits per heavy atom. The minimum atomic E-state index is -1.12. The molecule has 3 aromatic rings. The number of carboxylic acids is 1. The summed E-state index contributed by atoms with van der Waals surface area (Å²) in [6, 6.07) is 9.45. The van der Waals surface area contributed by atoms with Crippen molar-refractivity contribution in [3.8, 4) is 17.2 Å². The van der Waals surface area contributed by atoms with Gasteiger partial charge in [0.1, 0.15) is 11.7 Å². The number of carbonyl (C=O) groups excluding carboxylic acids is 3. The van der Waals surface area contributed by atoms with Gasteiger partial charge in [-0.3, -0.25) is 14.4 Å². The molecule has 2 N–H and O–H groups in total. The van der Waals surface area contributed by atoms with Gasteiger partial charge in [-0.2, -0.15) is 0 Å². The van der Waals surface area contributed by atoms with E-state index in [1.807, 2.05) is 30.3 Å². The number of hydrogen-bond donors (Lipinski definition) is 2. The number of rotatable bonds is 12. The lowest BCUT2D eigenvalue weighted by atomic mass is 10.1. The summed E-state index contributed by atoms with van der Waals surface area (Å²) in [4.78, 5) is 62.6. The first-order chi connectivity index (χ1) is 20.8. The van der Waals surface area contributed by atoms with Gasteiger partial charge in [-0.15, -0.1) is 5.10 Å². The SMILES string of the molecule is CCCCc1cn(-c2cc(C(=O)N[C@@H](CCC(=O)O)C(=O)N3CCN(C(=O)OCC)CC3)nc(-c3ccccc3)n2)nn1. The molecule has 0 bridgehead atoms. The van der Waals surface area contributed by atoms with Crippen LogP contribution in [0.3, 0.4) is 0 Å². The number of unbranched alkanes of at least 4 members (excludes halogenated alkanes) is 1. The molecule has 1 fully saturated rings. The van der Waals surface area contributed by atoms with Crippen LogP contribution in [0.25, 0.3) is 17.2 Å². The fraction of sp³-hybridized carbons (Fsp3) is 0.448. The molecule has 1 aliphatic heterocycles. The number of carbonyl (C=O) groups is 4. The van der Waals surface area contributed by atoms with Crippen LogP contribution in [0, 0.1) is 0 Å². The zero-order valence-electron chi connectivity index (χ0n) is 24.3. The highest BCUT2D eigenvalue weighted by Gasteiger charge is 2.31. The molecule has 0 aliphatic carbocycles. The van der Waals surface area contributed by atoms with Gasteiger partial charge < -0.3 is 25.0 Å². The summed E-state index contributed by atoms with van der Waals surface area (Å²) >= 11 is 0. The minimum Gasteiger partial charge on any atom is -0.481 e. The van der Waals surface area contributed by atoms with E-state index in [1.54, 1.807) is 13.1 Å². The van der Waals surface area contributed by atoms with Crippen molar-refractivity contribution in [2.24, 2.45) is 0 Å². The van der Waals surface area contributed by atoms with Crippen LogP contribution >= 0.6 is 0 Å². The van der Waals surface area contributed by atoms with Gasteiger partial charge in [0.15, 0.2) is 11.6 Å². The van der Waals surface area contributed by atoms with Gasteiger partial charge in [0, 0.05) is 44.2 Å². The molecular weight excluding hydrogens is 556 g/mol. The van der Waals surface area contributed by atoms with Crippen LogP contribution in [0.4, 0.5) is 4.79 Å². The van der Waals surface area contributed by atoms with Crippen molar-refractivity contribution in [3.63, 3.8) is 0 Å². The second-order valence-electron chi connectivity index (χ2n) is 10.0. The molecule has 1 atom stereocenters. The molecule has 2 aromatic heterocycles. The average Bonchev–Trinajstić information content (AvgIpc) is 3.51. The van der Waals surface area contributed by atoms with Crippen LogP contribution in [0.2, 0.25) is 0 Å². The Hall–Kier alpha value is -4.88. The molecule has 43 heavy (non-hydrogen) atoms. The van der Waals surface area contributed by atoms with E-state index in [9.17, 15) is 24.3 Å². The number of nitrogens with one attached hydrogen (secondary N) is 1. The van der Waals surface area contributed by atoms with E-state index in [4.69, 9.17) is 4.74 Å². The van der Waals surface area contributed by atoms with Gasteiger partial charge in [-0.05, 0) is 26.2 Å². The summed E-state index contributed by atoms with van der Waals surface area (Å²) in [5.74, 6) is -1.61. The number of ether oxygens (including phenoxy) is 1. The van der Waals surface area contributed by atoms with Gasteiger partial charge >= 0.3 is 12.1 Å². The standard InChI is InChI=1S/C29H36N8O6/c1-3-5-11-21-19-37(34-33-21)24-18-23(30-26(32-24)20-9-7-6-8-10-20)27(40)31-22(12-13-25(38)39)28(41)35-14-16-36(17-15-35)29(42)43-4-2/h6-10,18-19,22H,3-5,11-17H2,1-2H3,(H,31,40)(H,38,39)/t22-/m0/s1. The third kappa shape index (κ3) is 8.33. The fourth-order valence-electron chi connectivity index (χ4n) is 4.57. The fourth-order valence-corrected chi connectivity index (χ4v) is 4.57. The molecule has 228 valence electrons. The lowest BCUT2D eigenvalue weighted by molar-refractivity contribution is -0.138. The molecule has 0 spiro atoms. The maximum Gasteiger partial charge on any atom is 0.409 e. The summed E-state index contributed by atoms with van der Waals surface area (Å²) < 4.78 is 6.51. The Kier molecular flexibility index (Phi) is 10.7. The highest BCUT2D eigenvalue weighted by atomic mass is 16.6. The highest BCUT2D eigenvalue weighted by Crippen LogP contribution is 2.18. The van der Waals surface area contributed by atoms with Crippen LogP contribution in [-0.2, 0) is 20.7 Å². The van der Waals surface area contributed by atoms with E-state index in [0.717, 1.165) is 25.0 Å². The molecule has 0 radical (unpaired) electrons. The molecule has 3 amide bonds. The molecule has 4 rings (SSSR count). The van der Waals surface area contributed by atoms with Gasteiger partial charge in [0.2, 0.25) is 5.91 Å².